The number of benzene rings is 1. The first-order valence-corrected chi connectivity index (χ1v) is 10.1. The Morgan fingerprint density at radius 2 is 1.79 bits per heavy atom. The summed E-state index contributed by atoms with van der Waals surface area (Å²) in [6.45, 7) is 3.68. The summed E-state index contributed by atoms with van der Waals surface area (Å²) in [6, 6.07) is 13.3. The fraction of sp³-hybridized carbons (Fsp3) is 0.435. The van der Waals surface area contributed by atoms with Gasteiger partial charge in [-0.15, -0.1) is 0 Å². The van der Waals surface area contributed by atoms with Gasteiger partial charge in [0.05, 0.1) is 6.42 Å². The lowest BCUT2D eigenvalue weighted by molar-refractivity contribution is -0.130. The zero-order valence-corrected chi connectivity index (χ0v) is 17.1. The Morgan fingerprint density at radius 3 is 2.48 bits per heavy atom. The van der Waals surface area contributed by atoms with Gasteiger partial charge in [0.2, 0.25) is 5.91 Å². The summed E-state index contributed by atoms with van der Waals surface area (Å²) in [5.41, 5.74) is 1.60. The minimum absolute atomic E-state index is 0.0709. The predicted octanol–water partition coefficient (Wildman–Crippen LogP) is 1.79. The molecule has 0 unspecified atom stereocenters. The molecule has 3 heterocycles. The highest BCUT2D eigenvalue weighted by Crippen LogP contribution is 2.43. The molecular formula is C23H28N4O2. The number of carbonyl (C=O) groups is 2. The summed E-state index contributed by atoms with van der Waals surface area (Å²) in [4.78, 5) is 36.2. The standard InChI is InChI=1S/C23H28N4O2/c1-25(2)15-23-16-26(21(28)11-18-7-6-10-24-12-18)13-20(23)14-27(17-23)22(29)19-8-4-3-5-9-19/h3-10,12,20H,11,13-17H2,1-2H3/t20-,23+/m0/s1. The molecule has 4 rings (SSSR count). The number of likely N-dealkylation sites (tertiary alicyclic amines) is 2. The van der Waals surface area contributed by atoms with Gasteiger partial charge in [-0.05, 0) is 37.9 Å². The van der Waals surface area contributed by atoms with Gasteiger partial charge in [0.25, 0.3) is 5.91 Å². The van der Waals surface area contributed by atoms with Crippen LogP contribution in [0, 0.1) is 11.3 Å². The van der Waals surface area contributed by atoms with E-state index in [1.165, 1.54) is 0 Å². The number of pyridine rings is 1. The van der Waals surface area contributed by atoms with Crippen molar-refractivity contribution < 1.29 is 9.59 Å². The van der Waals surface area contributed by atoms with E-state index >= 15 is 0 Å². The number of hydrogen-bond donors (Lipinski definition) is 0. The van der Waals surface area contributed by atoms with Crippen LogP contribution in [-0.2, 0) is 11.2 Å². The maximum atomic E-state index is 13.0. The third-order valence-electron chi connectivity index (χ3n) is 6.13. The van der Waals surface area contributed by atoms with Crippen LogP contribution in [0.3, 0.4) is 0 Å². The second-order valence-electron chi connectivity index (χ2n) is 8.66. The number of amides is 2. The molecule has 0 aliphatic carbocycles. The summed E-state index contributed by atoms with van der Waals surface area (Å²) in [7, 11) is 4.13. The fourth-order valence-corrected chi connectivity index (χ4v) is 4.93. The van der Waals surface area contributed by atoms with E-state index in [0.29, 0.717) is 38.5 Å². The normalized spacial score (nSPS) is 23.5. The zero-order chi connectivity index (χ0) is 20.4. The number of carbonyl (C=O) groups excluding carboxylic acids is 2. The maximum Gasteiger partial charge on any atom is 0.253 e. The van der Waals surface area contributed by atoms with Crippen LogP contribution in [0.1, 0.15) is 15.9 Å². The lowest BCUT2D eigenvalue weighted by atomic mass is 9.80. The quantitative estimate of drug-likeness (QED) is 0.779. The first-order chi connectivity index (χ1) is 14.0. The van der Waals surface area contributed by atoms with Gasteiger partial charge in [-0.1, -0.05) is 24.3 Å². The molecule has 2 saturated heterocycles. The lowest BCUT2D eigenvalue weighted by Gasteiger charge is -2.32. The van der Waals surface area contributed by atoms with Crippen LogP contribution in [0.5, 0.6) is 0 Å². The average molecular weight is 393 g/mol. The molecule has 2 fully saturated rings. The fourth-order valence-electron chi connectivity index (χ4n) is 4.93. The van der Waals surface area contributed by atoms with E-state index in [1.807, 2.05) is 52.3 Å². The van der Waals surface area contributed by atoms with E-state index in [2.05, 4.69) is 24.0 Å². The Bertz CT molecular complexity index is 871. The predicted molar refractivity (Wildman–Crippen MR) is 111 cm³/mol. The summed E-state index contributed by atoms with van der Waals surface area (Å²) in [6.07, 6.45) is 3.86. The van der Waals surface area contributed by atoms with Crippen molar-refractivity contribution in [1.82, 2.24) is 19.7 Å². The largest absolute Gasteiger partial charge is 0.341 e. The van der Waals surface area contributed by atoms with Gasteiger partial charge in [-0.2, -0.15) is 0 Å². The molecule has 0 radical (unpaired) electrons. The van der Waals surface area contributed by atoms with Crippen molar-refractivity contribution in [3.8, 4) is 0 Å². The van der Waals surface area contributed by atoms with Crippen molar-refractivity contribution in [2.24, 2.45) is 11.3 Å². The lowest BCUT2D eigenvalue weighted by Crippen LogP contribution is -2.44. The molecule has 1 aromatic carbocycles. The minimum Gasteiger partial charge on any atom is -0.341 e. The molecule has 1 aromatic heterocycles. The molecule has 2 aliphatic rings. The van der Waals surface area contributed by atoms with E-state index in [0.717, 1.165) is 17.7 Å². The van der Waals surface area contributed by atoms with Gasteiger partial charge in [0.15, 0.2) is 0 Å². The van der Waals surface area contributed by atoms with Crippen LogP contribution in [0.2, 0.25) is 0 Å². The van der Waals surface area contributed by atoms with Crippen LogP contribution in [0.4, 0.5) is 0 Å². The number of fused-ring (bicyclic) bond motifs is 1. The van der Waals surface area contributed by atoms with Crippen LogP contribution >= 0.6 is 0 Å². The van der Waals surface area contributed by atoms with Crippen molar-refractivity contribution in [1.29, 1.82) is 0 Å². The van der Waals surface area contributed by atoms with Crippen molar-refractivity contribution in [2.75, 3.05) is 46.8 Å². The van der Waals surface area contributed by atoms with Gasteiger partial charge in [-0.3, -0.25) is 14.6 Å². The third-order valence-corrected chi connectivity index (χ3v) is 6.13. The topological polar surface area (TPSA) is 56.8 Å². The molecule has 0 saturated carbocycles. The Balaban J connectivity index is 1.48. The van der Waals surface area contributed by atoms with Crippen LogP contribution in [0.25, 0.3) is 0 Å². The molecular weight excluding hydrogens is 364 g/mol. The second-order valence-corrected chi connectivity index (χ2v) is 8.66. The molecule has 6 nitrogen and oxygen atoms in total. The average Bonchev–Trinajstić information content (AvgIpc) is 3.22. The van der Waals surface area contributed by atoms with Gasteiger partial charge in [0, 0.05) is 62.0 Å². The van der Waals surface area contributed by atoms with Gasteiger partial charge in [0.1, 0.15) is 0 Å². The van der Waals surface area contributed by atoms with Crippen LogP contribution in [0.15, 0.2) is 54.9 Å². The highest BCUT2D eigenvalue weighted by atomic mass is 16.2. The summed E-state index contributed by atoms with van der Waals surface area (Å²) >= 11 is 0. The molecule has 2 amide bonds. The van der Waals surface area contributed by atoms with E-state index in [4.69, 9.17) is 0 Å². The van der Waals surface area contributed by atoms with Gasteiger partial charge >= 0.3 is 0 Å². The molecule has 2 atom stereocenters. The smallest absolute Gasteiger partial charge is 0.253 e. The summed E-state index contributed by atoms with van der Waals surface area (Å²) < 4.78 is 0. The number of rotatable bonds is 5. The maximum absolute atomic E-state index is 13.0. The first kappa shape index (κ1) is 19.6. The molecule has 2 aromatic rings. The Labute approximate surface area is 172 Å². The minimum atomic E-state index is -0.0709. The Hall–Kier alpha value is -2.73. The molecule has 2 aliphatic heterocycles. The van der Waals surface area contributed by atoms with Crippen molar-refractivity contribution >= 4 is 11.8 Å². The number of aromatic nitrogens is 1. The van der Waals surface area contributed by atoms with Gasteiger partial charge < -0.3 is 14.7 Å². The summed E-state index contributed by atoms with van der Waals surface area (Å²) in [5.74, 6) is 0.535. The monoisotopic (exact) mass is 392 g/mol. The number of nitrogens with zero attached hydrogens (tertiary/aromatic N) is 4. The van der Waals surface area contributed by atoms with Crippen LogP contribution < -0.4 is 0 Å². The molecule has 152 valence electrons. The first-order valence-electron chi connectivity index (χ1n) is 10.1. The van der Waals surface area contributed by atoms with Crippen molar-refractivity contribution in [3.05, 3.63) is 66.0 Å². The van der Waals surface area contributed by atoms with E-state index < -0.39 is 0 Å². The highest BCUT2D eigenvalue weighted by molar-refractivity contribution is 5.94. The van der Waals surface area contributed by atoms with E-state index in [1.54, 1.807) is 12.4 Å². The van der Waals surface area contributed by atoms with Crippen LogP contribution in [-0.4, -0.2) is 78.3 Å². The Morgan fingerprint density at radius 1 is 1.07 bits per heavy atom. The van der Waals surface area contributed by atoms with Crippen molar-refractivity contribution in [2.45, 2.75) is 6.42 Å². The second kappa shape index (κ2) is 7.95. The highest BCUT2D eigenvalue weighted by Gasteiger charge is 2.54. The SMILES string of the molecule is CN(C)C[C@]12CN(C(=O)Cc3cccnc3)C[C@H]1CN(C(=O)c1ccccc1)C2. The summed E-state index contributed by atoms with van der Waals surface area (Å²) in [5, 5.41) is 0. The molecule has 29 heavy (non-hydrogen) atoms. The molecule has 6 heteroatoms. The van der Waals surface area contributed by atoms with E-state index in [9.17, 15) is 9.59 Å². The Kier molecular flexibility index (Phi) is 5.37. The molecule has 0 spiro atoms. The molecule has 0 N–H and O–H groups in total. The third kappa shape index (κ3) is 4.03. The molecule has 0 bridgehead atoms. The number of hydrogen-bond acceptors (Lipinski definition) is 4. The zero-order valence-electron chi connectivity index (χ0n) is 17.1. The van der Waals surface area contributed by atoms with Gasteiger partial charge in [-0.25, -0.2) is 0 Å². The van der Waals surface area contributed by atoms with E-state index in [-0.39, 0.29) is 17.2 Å². The van der Waals surface area contributed by atoms with Crippen molar-refractivity contribution in [3.63, 3.8) is 0 Å².